The maximum absolute atomic E-state index is 11.5. The van der Waals surface area contributed by atoms with Crippen LogP contribution in [0.3, 0.4) is 0 Å². The van der Waals surface area contributed by atoms with Crippen LogP contribution in [0.4, 0.5) is 0 Å². The van der Waals surface area contributed by atoms with Gasteiger partial charge >= 0.3 is 0 Å². The van der Waals surface area contributed by atoms with E-state index in [0.29, 0.717) is 10.3 Å². The van der Waals surface area contributed by atoms with Gasteiger partial charge in [0.2, 0.25) is 0 Å². The minimum atomic E-state index is -0.404. The average molecular weight is 187 g/mol. The van der Waals surface area contributed by atoms with Gasteiger partial charge in [-0.05, 0) is 17.7 Å². The normalized spacial score (nSPS) is 10.0. The highest BCUT2D eigenvalue weighted by Gasteiger charge is 2.03. The molecular formula is C11H9NO2. The molecule has 0 spiro atoms. The second-order valence-electron chi connectivity index (χ2n) is 2.94. The zero-order chi connectivity index (χ0) is 9.97. The van der Waals surface area contributed by atoms with Gasteiger partial charge in [-0.3, -0.25) is 4.79 Å². The number of hydrogen-bond donors (Lipinski definition) is 1. The summed E-state index contributed by atoms with van der Waals surface area (Å²) in [6.45, 7) is 0. The van der Waals surface area contributed by atoms with Crippen LogP contribution >= 0.6 is 0 Å². The number of pyridine rings is 1. The zero-order valence-electron chi connectivity index (χ0n) is 7.42. The van der Waals surface area contributed by atoms with E-state index in [2.05, 4.69) is 0 Å². The highest BCUT2D eigenvalue weighted by atomic mass is 16.5. The summed E-state index contributed by atoms with van der Waals surface area (Å²) in [4.78, 5) is 11.5. The summed E-state index contributed by atoms with van der Waals surface area (Å²) >= 11 is 0. The molecule has 1 heterocycles. The minimum absolute atomic E-state index is 0.404. The summed E-state index contributed by atoms with van der Waals surface area (Å²) < 4.78 is 0.586. The third-order valence-corrected chi connectivity index (χ3v) is 2.01. The first-order valence-corrected chi connectivity index (χ1v) is 4.25. The van der Waals surface area contributed by atoms with Crippen LogP contribution in [0.2, 0.25) is 0 Å². The van der Waals surface area contributed by atoms with Crippen molar-refractivity contribution >= 4 is 0 Å². The predicted octanol–water partition coefficient (Wildman–Crippen LogP) is 1.75. The lowest BCUT2D eigenvalue weighted by atomic mass is 10.1. The molecule has 0 saturated heterocycles. The molecule has 0 bridgehead atoms. The van der Waals surface area contributed by atoms with Crippen LogP contribution in [0, 0.1) is 0 Å². The van der Waals surface area contributed by atoms with E-state index in [1.54, 1.807) is 12.1 Å². The number of rotatable bonds is 1. The molecule has 2 aromatic rings. The van der Waals surface area contributed by atoms with Crippen molar-refractivity contribution in [2.75, 3.05) is 0 Å². The third kappa shape index (κ3) is 1.40. The first-order chi connectivity index (χ1) is 6.79. The fourth-order valence-electron chi connectivity index (χ4n) is 1.32. The molecule has 14 heavy (non-hydrogen) atoms. The molecule has 2 rings (SSSR count). The van der Waals surface area contributed by atoms with Crippen LogP contribution in [-0.2, 0) is 0 Å². The summed E-state index contributed by atoms with van der Waals surface area (Å²) in [6.07, 6.45) is 1.31. The molecule has 3 heteroatoms. The van der Waals surface area contributed by atoms with Crippen molar-refractivity contribution in [3.63, 3.8) is 0 Å². The van der Waals surface area contributed by atoms with Crippen molar-refractivity contribution < 1.29 is 5.21 Å². The van der Waals surface area contributed by atoms with Gasteiger partial charge < -0.3 is 5.21 Å². The predicted molar refractivity (Wildman–Crippen MR) is 53.3 cm³/mol. The van der Waals surface area contributed by atoms with Gasteiger partial charge in [-0.1, -0.05) is 30.3 Å². The van der Waals surface area contributed by atoms with E-state index < -0.39 is 5.56 Å². The Hall–Kier alpha value is -2.03. The summed E-state index contributed by atoms with van der Waals surface area (Å²) in [6, 6.07) is 12.6. The number of benzene rings is 1. The largest absolute Gasteiger partial charge is 0.425 e. The molecule has 1 aromatic carbocycles. The highest BCUT2D eigenvalue weighted by Crippen LogP contribution is 2.13. The lowest BCUT2D eigenvalue weighted by Crippen LogP contribution is -2.17. The average Bonchev–Trinajstić information content (AvgIpc) is 2.23. The van der Waals surface area contributed by atoms with Gasteiger partial charge in [0.25, 0.3) is 5.56 Å². The molecule has 0 radical (unpaired) electrons. The van der Waals surface area contributed by atoms with Crippen LogP contribution < -0.4 is 5.56 Å². The van der Waals surface area contributed by atoms with Crippen molar-refractivity contribution in [3.05, 3.63) is 59.0 Å². The highest BCUT2D eigenvalue weighted by molar-refractivity contribution is 5.61. The molecule has 70 valence electrons. The standard InChI is InChI=1S/C11H9NO2/c13-11-10(7-4-8-12(11)14)9-5-2-1-3-6-9/h1-8,14H. The van der Waals surface area contributed by atoms with Crippen molar-refractivity contribution in [1.29, 1.82) is 0 Å². The topological polar surface area (TPSA) is 42.2 Å². The van der Waals surface area contributed by atoms with Gasteiger partial charge in [0.15, 0.2) is 0 Å². The number of aromatic nitrogens is 1. The number of nitrogens with zero attached hydrogens (tertiary/aromatic N) is 1. The van der Waals surface area contributed by atoms with Crippen LogP contribution in [0.1, 0.15) is 0 Å². The van der Waals surface area contributed by atoms with E-state index in [-0.39, 0.29) is 0 Å². The Morgan fingerprint density at radius 1 is 1.00 bits per heavy atom. The Kier molecular flexibility index (Phi) is 2.07. The maximum Gasteiger partial charge on any atom is 0.290 e. The molecule has 0 saturated carbocycles. The molecule has 0 aliphatic heterocycles. The Morgan fingerprint density at radius 3 is 2.43 bits per heavy atom. The summed E-state index contributed by atoms with van der Waals surface area (Å²) in [5.41, 5.74) is 0.898. The molecule has 0 fully saturated rings. The van der Waals surface area contributed by atoms with E-state index in [1.807, 2.05) is 30.3 Å². The van der Waals surface area contributed by atoms with Gasteiger partial charge in [0.05, 0.1) is 5.56 Å². The molecule has 0 atom stereocenters. The van der Waals surface area contributed by atoms with Gasteiger partial charge in [-0.25, -0.2) is 0 Å². The van der Waals surface area contributed by atoms with E-state index in [0.717, 1.165) is 5.56 Å². The molecule has 1 N–H and O–H groups in total. The van der Waals surface area contributed by atoms with Crippen LogP contribution in [0.5, 0.6) is 0 Å². The summed E-state index contributed by atoms with van der Waals surface area (Å²) in [5.74, 6) is 0. The second kappa shape index (κ2) is 3.38. The lowest BCUT2D eigenvalue weighted by Gasteiger charge is -2.01. The SMILES string of the molecule is O=c1c(-c2ccccc2)cccn1O. The molecule has 0 amide bonds. The van der Waals surface area contributed by atoms with E-state index >= 15 is 0 Å². The molecule has 0 aliphatic carbocycles. The lowest BCUT2D eigenvalue weighted by molar-refractivity contribution is 0.175. The molecular weight excluding hydrogens is 178 g/mol. The molecule has 0 unspecified atom stereocenters. The first-order valence-electron chi connectivity index (χ1n) is 4.25. The minimum Gasteiger partial charge on any atom is -0.425 e. The second-order valence-corrected chi connectivity index (χ2v) is 2.94. The summed E-state index contributed by atoms with van der Waals surface area (Å²) in [7, 11) is 0. The molecule has 1 aromatic heterocycles. The first kappa shape index (κ1) is 8.56. The quantitative estimate of drug-likeness (QED) is 0.691. The van der Waals surface area contributed by atoms with E-state index in [4.69, 9.17) is 5.21 Å². The Bertz CT molecular complexity index is 488. The fraction of sp³-hybridized carbons (Fsp3) is 0. The fourth-order valence-corrected chi connectivity index (χ4v) is 1.32. The zero-order valence-corrected chi connectivity index (χ0v) is 7.42. The van der Waals surface area contributed by atoms with Crippen molar-refractivity contribution in [3.8, 4) is 11.1 Å². The van der Waals surface area contributed by atoms with Gasteiger partial charge in [-0.15, -0.1) is 0 Å². The van der Waals surface area contributed by atoms with Crippen LogP contribution in [0.25, 0.3) is 11.1 Å². The smallest absolute Gasteiger partial charge is 0.290 e. The molecule has 3 nitrogen and oxygen atoms in total. The Balaban J connectivity index is 2.64. The van der Waals surface area contributed by atoms with Crippen LogP contribution in [-0.4, -0.2) is 9.94 Å². The van der Waals surface area contributed by atoms with Crippen LogP contribution in [0.15, 0.2) is 53.5 Å². The third-order valence-electron chi connectivity index (χ3n) is 2.01. The Morgan fingerprint density at radius 2 is 1.71 bits per heavy atom. The molecule has 0 aliphatic rings. The van der Waals surface area contributed by atoms with Gasteiger partial charge in [-0.2, -0.15) is 4.73 Å². The van der Waals surface area contributed by atoms with E-state index in [1.165, 1.54) is 6.20 Å². The summed E-state index contributed by atoms with van der Waals surface area (Å²) in [5, 5.41) is 9.17. The number of hydrogen-bond acceptors (Lipinski definition) is 2. The Labute approximate surface area is 80.8 Å². The van der Waals surface area contributed by atoms with Gasteiger partial charge in [0.1, 0.15) is 0 Å². The monoisotopic (exact) mass is 187 g/mol. The van der Waals surface area contributed by atoms with Crippen molar-refractivity contribution in [1.82, 2.24) is 4.73 Å². The maximum atomic E-state index is 11.5. The van der Waals surface area contributed by atoms with Crippen molar-refractivity contribution in [2.45, 2.75) is 0 Å². The van der Waals surface area contributed by atoms with E-state index in [9.17, 15) is 4.79 Å². The van der Waals surface area contributed by atoms with Crippen molar-refractivity contribution in [2.24, 2.45) is 0 Å². The van der Waals surface area contributed by atoms with Gasteiger partial charge in [0, 0.05) is 6.20 Å².